The Morgan fingerprint density at radius 2 is 2.20 bits per heavy atom. The number of nitrogens with one attached hydrogen (secondary N) is 1. The van der Waals surface area contributed by atoms with Crippen molar-refractivity contribution >= 4 is 11.6 Å². The number of benzene rings is 1. The summed E-state index contributed by atoms with van der Waals surface area (Å²) in [5, 5.41) is 7.35. The maximum atomic E-state index is 12.3. The van der Waals surface area contributed by atoms with Gasteiger partial charge in [-0.15, -0.1) is 0 Å². The first-order chi connectivity index (χ1) is 12.2. The molecule has 1 N–H and O–H groups in total. The molecule has 3 rings (SSSR count). The zero-order valence-electron chi connectivity index (χ0n) is 14.9. The SMILES string of the molecule is CCN(CCCNC(=O)c1cc2n(n1)C[C@@H](OC)C2)c1ccccc1. The Morgan fingerprint density at radius 1 is 1.40 bits per heavy atom. The molecule has 0 spiro atoms. The largest absolute Gasteiger partial charge is 0.379 e. The first kappa shape index (κ1) is 17.5. The number of fused-ring (bicyclic) bond motifs is 1. The van der Waals surface area contributed by atoms with Crippen LogP contribution in [0.1, 0.15) is 29.5 Å². The summed E-state index contributed by atoms with van der Waals surface area (Å²) >= 11 is 0. The van der Waals surface area contributed by atoms with Gasteiger partial charge in [0.2, 0.25) is 0 Å². The average molecular weight is 342 g/mol. The highest BCUT2D eigenvalue weighted by Crippen LogP contribution is 2.18. The van der Waals surface area contributed by atoms with Crippen molar-refractivity contribution in [3.05, 3.63) is 47.8 Å². The first-order valence-electron chi connectivity index (χ1n) is 8.89. The predicted molar refractivity (Wildman–Crippen MR) is 98.0 cm³/mol. The van der Waals surface area contributed by atoms with Crippen molar-refractivity contribution in [3.8, 4) is 0 Å². The molecule has 1 amide bonds. The predicted octanol–water partition coefficient (Wildman–Crippen LogP) is 2.10. The Kier molecular flexibility index (Phi) is 5.71. The highest BCUT2D eigenvalue weighted by atomic mass is 16.5. The molecular weight excluding hydrogens is 316 g/mol. The third-order valence-corrected chi connectivity index (χ3v) is 4.64. The van der Waals surface area contributed by atoms with Crippen LogP contribution < -0.4 is 10.2 Å². The van der Waals surface area contributed by atoms with Gasteiger partial charge >= 0.3 is 0 Å². The third-order valence-electron chi connectivity index (χ3n) is 4.64. The van der Waals surface area contributed by atoms with E-state index in [-0.39, 0.29) is 12.0 Å². The maximum Gasteiger partial charge on any atom is 0.271 e. The molecule has 1 aromatic carbocycles. The Morgan fingerprint density at radius 3 is 2.88 bits per heavy atom. The van der Waals surface area contributed by atoms with Crippen LogP contribution in [0.25, 0.3) is 0 Å². The second kappa shape index (κ2) is 8.16. The molecule has 0 saturated carbocycles. The van der Waals surface area contributed by atoms with E-state index in [9.17, 15) is 4.79 Å². The van der Waals surface area contributed by atoms with Crippen LogP contribution in [0.2, 0.25) is 0 Å². The van der Waals surface area contributed by atoms with Gasteiger partial charge in [0.25, 0.3) is 5.91 Å². The Labute approximate surface area is 148 Å². The van der Waals surface area contributed by atoms with E-state index in [1.165, 1.54) is 5.69 Å². The van der Waals surface area contributed by atoms with Crippen LogP contribution >= 0.6 is 0 Å². The van der Waals surface area contributed by atoms with Crippen molar-refractivity contribution < 1.29 is 9.53 Å². The molecule has 0 saturated heterocycles. The minimum Gasteiger partial charge on any atom is -0.379 e. The van der Waals surface area contributed by atoms with Gasteiger partial charge in [0.05, 0.1) is 12.6 Å². The number of rotatable bonds is 8. The quantitative estimate of drug-likeness (QED) is 0.747. The van der Waals surface area contributed by atoms with Crippen LogP contribution in [0.3, 0.4) is 0 Å². The summed E-state index contributed by atoms with van der Waals surface area (Å²) < 4.78 is 7.21. The Hall–Kier alpha value is -2.34. The van der Waals surface area contributed by atoms with E-state index in [1.54, 1.807) is 7.11 Å². The molecule has 25 heavy (non-hydrogen) atoms. The van der Waals surface area contributed by atoms with Gasteiger partial charge in [-0.3, -0.25) is 9.48 Å². The molecule has 1 aliphatic rings. The van der Waals surface area contributed by atoms with Crippen LogP contribution in [0, 0.1) is 0 Å². The van der Waals surface area contributed by atoms with Gasteiger partial charge < -0.3 is 15.0 Å². The highest BCUT2D eigenvalue weighted by molar-refractivity contribution is 5.92. The normalized spacial score (nSPS) is 15.8. The van der Waals surface area contributed by atoms with Crippen molar-refractivity contribution in [1.82, 2.24) is 15.1 Å². The van der Waals surface area contributed by atoms with Crippen molar-refractivity contribution in [2.75, 3.05) is 31.6 Å². The highest BCUT2D eigenvalue weighted by Gasteiger charge is 2.24. The lowest BCUT2D eigenvalue weighted by molar-refractivity contribution is 0.0936. The summed E-state index contributed by atoms with van der Waals surface area (Å²) in [5.41, 5.74) is 2.78. The minimum absolute atomic E-state index is 0.0985. The van der Waals surface area contributed by atoms with Crippen LogP contribution in [-0.2, 0) is 17.7 Å². The summed E-state index contributed by atoms with van der Waals surface area (Å²) in [6, 6.07) is 12.2. The number of anilines is 1. The number of carbonyl (C=O) groups excluding carboxylic acids is 1. The molecule has 6 nitrogen and oxygen atoms in total. The number of nitrogens with zero attached hydrogens (tertiary/aromatic N) is 3. The number of hydrogen-bond acceptors (Lipinski definition) is 4. The van der Waals surface area contributed by atoms with Gasteiger partial charge in [-0.1, -0.05) is 18.2 Å². The number of methoxy groups -OCH3 is 1. The van der Waals surface area contributed by atoms with Gasteiger partial charge in [0.15, 0.2) is 0 Å². The minimum atomic E-state index is -0.0985. The number of hydrogen-bond donors (Lipinski definition) is 1. The second-order valence-electron chi connectivity index (χ2n) is 6.29. The Bertz CT molecular complexity index is 675. The lowest BCUT2D eigenvalue weighted by Gasteiger charge is -2.23. The second-order valence-corrected chi connectivity index (χ2v) is 6.29. The van der Waals surface area contributed by atoms with Crippen LogP contribution in [-0.4, -0.2) is 48.5 Å². The van der Waals surface area contributed by atoms with Crippen LogP contribution in [0.5, 0.6) is 0 Å². The van der Waals surface area contributed by atoms with E-state index < -0.39 is 0 Å². The molecular formula is C19H26N4O2. The lowest BCUT2D eigenvalue weighted by atomic mass is 10.2. The fraction of sp³-hybridized carbons (Fsp3) is 0.474. The molecule has 0 aliphatic carbocycles. The topological polar surface area (TPSA) is 59.4 Å². The van der Waals surface area contributed by atoms with E-state index >= 15 is 0 Å². The molecule has 134 valence electrons. The number of ether oxygens (including phenoxy) is 1. The maximum absolute atomic E-state index is 12.3. The number of aromatic nitrogens is 2. The molecule has 1 atom stereocenters. The summed E-state index contributed by atoms with van der Waals surface area (Å²) in [6.07, 6.45) is 1.89. The lowest BCUT2D eigenvalue weighted by Crippen LogP contribution is -2.30. The summed E-state index contributed by atoms with van der Waals surface area (Å²) in [4.78, 5) is 14.6. The van der Waals surface area contributed by atoms with Crippen LogP contribution in [0.15, 0.2) is 36.4 Å². The molecule has 6 heteroatoms. The monoisotopic (exact) mass is 342 g/mol. The molecule has 1 aliphatic heterocycles. The van der Waals surface area contributed by atoms with E-state index in [2.05, 4.69) is 34.4 Å². The third kappa shape index (κ3) is 4.20. The number of amides is 1. The van der Waals surface area contributed by atoms with E-state index in [1.807, 2.05) is 28.9 Å². The van der Waals surface area contributed by atoms with Crippen molar-refractivity contribution in [3.63, 3.8) is 0 Å². The van der Waals surface area contributed by atoms with Crippen molar-refractivity contribution in [2.24, 2.45) is 0 Å². The molecule has 0 unspecified atom stereocenters. The van der Waals surface area contributed by atoms with Gasteiger partial charge in [-0.2, -0.15) is 5.10 Å². The molecule has 2 heterocycles. The summed E-state index contributed by atoms with van der Waals surface area (Å²) in [6.45, 7) is 5.38. The molecule has 1 aromatic heterocycles. The first-order valence-corrected chi connectivity index (χ1v) is 8.89. The van der Waals surface area contributed by atoms with Gasteiger partial charge in [0.1, 0.15) is 5.69 Å². The van der Waals surface area contributed by atoms with E-state index in [4.69, 9.17) is 4.74 Å². The average Bonchev–Trinajstić information content (AvgIpc) is 3.21. The van der Waals surface area contributed by atoms with Gasteiger partial charge in [0, 0.05) is 44.5 Å². The molecule has 0 radical (unpaired) electrons. The Balaban J connectivity index is 1.44. The molecule has 0 fully saturated rings. The summed E-state index contributed by atoms with van der Waals surface area (Å²) in [7, 11) is 1.71. The number of carbonyl (C=O) groups is 1. The molecule has 2 aromatic rings. The zero-order valence-corrected chi connectivity index (χ0v) is 14.9. The van der Waals surface area contributed by atoms with Crippen LogP contribution in [0.4, 0.5) is 5.69 Å². The fourth-order valence-electron chi connectivity index (χ4n) is 3.21. The fourth-order valence-corrected chi connectivity index (χ4v) is 3.21. The van der Waals surface area contributed by atoms with Crippen molar-refractivity contribution in [2.45, 2.75) is 32.4 Å². The van der Waals surface area contributed by atoms with Crippen molar-refractivity contribution in [1.29, 1.82) is 0 Å². The van der Waals surface area contributed by atoms with Gasteiger partial charge in [-0.25, -0.2) is 0 Å². The van der Waals surface area contributed by atoms with E-state index in [0.29, 0.717) is 12.2 Å². The smallest absolute Gasteiger partial charge is 0.271 e. The summed E-state index contributed by atoms with van der Waals surface area (Å²) in [5.74, 6) is -0.0985. The zero-order chi connectivity index (χ0) is 17.6. The molecule has 0 bridgehead atoms. The van der Waals surface area contributed by atoms with E-state index in [0.717, 1.165) is 38.2 Å². The standard InChI is InChI=1S/C19H26N4O2/c1-3-22(15-8-5-4-6-9-15)11-7-10-20-19(24)18-13-16-12-17(25-2)14-23(16)21-18/h4-6,8-9,13,17H,3,7,10-12,14H2,1-2H3,(H,20,24)/t17-/m0/s1. The number of para-hydroxylation sites is 1. The van der Waals surface area contributed by atoms with Gasteiger partial charge in [-0.05, 0) is 31.5 Å².